The molecule has 0 saturated heterocycles. The summed E-state index contributed by atoms with van der Waals surface area (Å²) in [6.07, 6.45) is 3.00. The van der Waals surface area contributed by atoms with Gasteiger partial charge in [-0.3, -0.25) is 4.31 Å². The number of rotatable bonds is 3. The molecule has 1 aliphatic heterocycles. The summed E-state index contributed by atoms with van der Waals surface area (Å²) in [6.45, 7) is 2.05. The molecule has 4 nitrogen and oxygen atoms in total. The van der Waals surface area contributed by atoms with Crippen molar-refractivity contribution in [1.29, 1.82) is 0 Å². The molecular weight excluding hydrogens is 296 g/mol. The van der Waals surface area contributed by atoms with Crippen molar-refractivity contribution in [2.24, 2.45) is 0 Å². The van der Waals surface area contributed by atoms with Gasteiger partial charge in [-0.15, -0.1) is 12.4 Å². The number of hydrogen-bond donors (Lipinski definition) is 0. The van der Waals surface area contributed by atoms with Gasteiger partial charge in [0.2, 0.25) is 10.0 Å². The summed E-state index contributed by atoms with van der Waals surface area (Å²) in [5.74, 6) is 0. The molecule has 0 amide bonds. The monoisotopic (exact) mass is 318 g/mol. The van der Waals surface area contributed by atoms with Crippen LogP contribution in [-0.2, 0) is 16.4 Å². The van der Waals surface area contributed by atoms with Gasteiger partial charge in [0, 0.05) is 6.04 Å². The highest BCUT2D eigenvalue weighted by molar-refractivity contribution is 7.92. The lowest BCUT2D eigenvalue weighted by Crippen LogP contribution is -2.55. The molecule has 20 heavy (non-hydrogen) atoms. The lowest BCUT2D eigenvalue weighted by Gasteiger charge is -2.44. The second kappa shape index (κ2) is 6.33. The Morgan fingerprint density at radius 1 is 1.30 bits per heavy atom. The zero-order valence-electron chi connectivity index (χ0n) is 12.4. The van der Waals surface area contributed by atoms with Crippen LogP contribution in [0.25, 0.3) is 0 Å². The molecule has 2 unspecified atom stereocenters. The Kier molecular flexibility index (Phi) is 5.46. The van der Waals surface area contributed by atoms with E-state index in [2.05, 4.69) is 4.90 Å². The van der Waals surface area contributed by atoms with Gasteiger partial charge in [-0.1, -0.05) is 25.1 Å². The maximum Gasteiger partial charge on any atom is 0.232 e. The Morgan fingerprint density at radius 2 is 1.90 bits per heavy atom. The second-order valence-electron chi connectivity index (χ2n) is 5.40. The minimum absolute atomic E-state index is 0. The summed E-state index contributed by atoms with van der Waals surface area (Å²) in [5.41, 5.74) is 1.95. The van der Waals surface area contributed by atoms with Gasteiger partial charge in [-0.05, 0) is 38.6 Å². The molecule has 1 aromatic carbocycles. The first-order valence-corrected chi connectivity index (χ1v) is 8.44. The fraction of sp³-hybridized carbons (Fsp3) is 0.571. The molecule has 0 aliphatic carbocycles. The van der Waals surface area contributed by atoms with Crippen LogP contribution in [-0.4, -0.2) is 45.8 Å². The number of benzene rings is 1. The number of para-hydroxylation sites is 1. The largest absolute Gasteiger partial charge is 0.304 e. The van der Waals surface area contributed by atoms with Crippen LogP contribution in [0.4, 0.5) is 5.69 Å². The van der Waals surface area contributed by atoms with Crippen LogP contribution in [0.1, 0.15) is 18.9 Å². The smallest absolute Gasteiger partial charge is 0.232 e. The predicted molar refractivity (Wildman–Crippen MR) is 86.3 cm³/mol. The number of hydrogen-bond acceptors (Lipinski definition) is 3. The average molecular weight is 319 g/mol. The van der Waals surface area contributed by atoms with E-state index in [1.807, 2.05) is 45.3 Å². The van der Waals surface area contributed by atoms with E-state index in [-0.39, 0.29) is 24.5 Å². The van der Waals surface area contributed by atoms with Crippen molar-refractivity contribution in [3.63, 3.8) is 0 Å². The van der Waals surface area contributed by atoms with Crippen molar-refractivity contribution in [3.8, 4) is 0 Å². The predicted octanol–water partition coefficient (Wildman–Crippen LogP) is 2.14. The number of anilines is 1. The average Bonchev–Trinajstić information content (AvgIpc) is 2.34. The first kappa shape index (κ1) is 17.3. The zero-order chi connectivity index (χ0) is 14.2. The Labute approximate surface area is 128 Å². The van der Waals surface area contributed by atoms with E-state index in [9.17, 15) is 8.42 Å². The fourth-order valence-corrected chi connectivity index (χ4v) is 4.30. The van der Waals surface area contributed by atoms with E-state index in [1.54, 1.807) is 4.31 Å². The van der Waals surface area contributed by atoms with Crippen molar-refractivity contribution in [1.82, 2.24) is 4.90 Å². The number of sulfonamides is 1. The van der Waals surface area contributed by atoms with Gasteiger partial charge in [0.15, 0.2) is 0 Å². The quantitative estimate of drug-likeness (QED) is 0.857. The minimum Gasteiger partial charge on any atom is -0.304 e. The molecule has 1 aliphatic rings. The molecular formula is C14H23ClN2O2S. The summed E-state index contributed by atoms with van der Waals surface area (Å²) in [7, 11) is 0.771. The molecule has 1 heterocycles. The Balaban J connectivity index is 0.00000200. The normalized spacial score (nSPS) is 22.4. The number of fused-ring (bicyclic) bond motifs is 1. The van der Waals surface area contributed by atoms with Crippen molar-refractivity contribution < 1.29 is 8.42 Å². The number of halogens is 1. The first-order valence-electron chi connectivity index (χ1n) is 6.60. The van der Waals surface area contributed by atoms with E-state index < -0.39 is 10.0 Å². The van der Waals surface area contributed by atoms with Crippen LogP contribution in [0.2, 0.25) is 0 Å². The SMILES string of the molecule is CCC1C(N(C)C)Cc2ccccc2N1S(C)(=O)=O.Cl. The van der Waals surface area contributed by atoms with Crippen LogP contribution in [0.3, 0.4) is 0 Å². The van der Waals surface area contributed by atoms with Crippen LogP contribution < -0.4 is 4.31 Å². The van der Waals surface area contributed by atoms with Gasteiger partial charge < -0.3 is 4.90 Å². The molecule has 0 N–H and O–H groups in total. The molecule has 1 aromatic rings. The van der Waals surface area contributed by atoms with Crippen molar-refractivity contribution in [3.05, 3.63) is 29.8 Å². The van der Waals surface area contributed by atoms with E-state index in [0.29, 0.717) is 0 Å². The van der Waals surface area contributed by atoms with Gasteiger partial charge in [-0.25, -0.2) is 8.42 Å². The first-order chi connectivity index (χ1) is 8.86. The highest BCUT2D eigenvalue weighted by Gasteiger charge is 2.38. The summed E-state index contributed by atoms with van der Waals surface area (Å²) in [5, 5.41) is 0. The molecule has 0 aromatic heterocycles. The molecule has 0 radical (unpaired) electrons. The number of nitrogens with zero attached hydrogens (tertiary/aromatic N) is 2. The van der Waals surface area contributed by atoms with Crippen LogP contribution in [0.15, 0.2) is 24.3 Å². The molecule has 2 rings (SSSR count). The molecule has 0 fully saturated rings. The van der Waals surface area contributed by atoms with Crippen LogP contribution >= 0.6 is 12.4 Å². The standard InChI is InChI=1S/C14H22N2O2S.ClH/c1-5-12-14(15(2)3)10-11-8-6-7-9-13(11)16(12)19(4,17)18;/h6-9,12,14H,5,10H2,1-4H3;1H. The van der Waals surface area contributed by atoms with Gasteiger partial charge in [0.25, 0.3) is 0 Å². The summed E-state index contributed by atoms with van der Waals surface area (Å²) in [4.78, 5) is 2.13. The van der Waals surface area contributed by atoms with Gasteiger partial charge in [0.05, 0.1) is 18.0 Å². The third-order valence-electron chi connectivity index (χ3n) is 3.84. The Morgan fingerprint density at radius 3 is 2.40 bits per heavy atom. The van der Waals surface area contributed by atoms with Crippen LogP contribution in [0.5, 0.6) is 0 Å². The summed E-state index contributed by atoms with van der Waals surface area (Å²) < 4.78 is 26.0. The maximum absolute atomic E-state index is 12.2. The van der Waals surface area contributed by atoms with Crippen LogP contribution in [0, 0.1) is 0 Å². The molecule has 0 spiro atoms. The third kappa shape index (κ3) is 3.10. The van der Waals surface area contributed by atoms with E-state index in [1.165, 1.54) is 6.26 Å². The fourth-order valence-electron chi connectivity index (χ4n) is 2.98. The highest BCUT2D eigenvalue weighted by Crippen LogP contribution is 2.35. The number of likely N-dealkylation sites (N-methyl/N-ethyl adjacent to an activating group) is 1. The Hall–Kier alpha value is -0.780. The van der Waals surface area contributed by atoms with Crippen molar-refractivity contribution in [2.45, 2.75) is 31.8 Å². The highest BCUT2D eigenvalue weighted by atomic mass is 35.5. The summed E-state index contributed by atoms with van der Waals surface area (Å²) in [6, 6.07) is 8.02. The van der Waals surface area contributed by atoms with E-state index >= 15 is 0 Å². The van der Waals surface area contributed by atoms with Gasteiger partial charge in [0.1, 0.15) is 0 Å². The third-order valence-corrected chi connectivity index (χ3v) is 5.02. The lowest BCUT2D eigenvalue weighted by molar-refractivity contribution is 0.242. The molecule has 6 heteroatoms. The van der Waals surface area contributed by atoms with E-state index in [4.69, 9.17) is 0 Å². The second-order valence-corrected chi connectivity index (χ2v) is 7.26. The van der Waals surface area contributed by atoms with Gasteiger partial charge in [-0.2, -0.15) is 0 Å². The Bertz CT molecular complexity index is 560. The van der Waals surface area contributed by atoms with Crippen molar-refractivity contribution in [2.75, 3.05) is 24.7 Å². The minimum atomic E-state index is -3.26. The molecule has 0 bridgehead atoms. The summed E-state index contributed by atoms with van der Waals surface area (Å²) >= 11 is 0. The maximum atomic E-state index is 12.2. The zero-order valence-corrected chi connectivity index (χ0v) is 14.0. The molecule has 114 valence electrons. The molecule has 2 atom stereocenters. The van der Waals surface area contributed by atoms with Gasteiger partial charge >= 0.3 is 0 Å². The van der Waals surface area contributed by atoms with E-state index in [0.717, 1.165) is 24.1 Å². The topological polar surface area (TPSA) is 40.6 Å². The van der Waals surface area contributed by atoms with Crippen molar-refractivity contribution >= 4 is 28.1 Å². The lowest BCUT2D eigenvalue weighted by atomic mass is 9.91. The molecule has 0 saturated carbocycles.